The summed E-state index contributed by atoms with van der Waals surface area (Å²) in [6.45, 7) is 3.32. The lowest BCUT2D eigenvalue weighted by Gasteiger charge is -2.30. The highest BCUT2D eigenvalue weighted by Crippen LogP contribution is 2.29. The molecule has 1 aromatic rings. The molecule has 0 aliphatic carbocycles. The molecule has 0 radical (unpaired) electrons. The monoisotopic (exact) mass is 423 g/mol. The summed E-state index contributed by atoms with van der Waals surface area (Å²) in [6, 6.07) is 4.33. The van der Waals surface area contributed by atoms with E-state index in [2.05, 4.69) is 5.32 Å². The number of nitrogens with one attached hydrogen (secondary N) is 1. The first-order chi connectivity index (χ1) is 11.9. The van der Waals surface area contributed by atoms with Gasteiger partial charge in [0, 0.05) is 19.8 Å². The number of para-hydroxylation sites is 1. The third kappa shape index (κ3) is 5.99. The third-order valence-corrected chi connectivity index (χ3v) is 4.94. The standard InChI is InChI=1S/C17H23Cl2N3O3.ClH/c1-2-22(17(24)15(20)11-6-8-25-9-7-11)10-14(23)21-16-12(18)4-3-5-13(16)19;/h3-5,11,15H,2,6-10,20H2,1H3,(H,21,23);1H. The largest absolute Gasteiger partial charge is 0.381 e. The number of hydrogen-bond donors (Lipinski definition) is 2. The van der Waals surface area contributed by atoms with E-state index in [9.17, 15) is 9.59 Å². The van der Waals surface area contributed by atoms with E-state index in [1.165, 1.54) is 4.90 Å². The lowest BCUT2D eigenvalue weighted by atomic mass is 9.91. The van der Waals surface area contributed by atoms with Crippen LogP contribution in [0.4, 0.5) is 5.69 Å². The van der Waals surface area contributed by atoms with Gasteiger partial charge in [0.25, 0.3) is 0 Å². The van der Waals surface area contributed by atoms with Crippen molar-refractivity contribution in [1.29, 1.82) is 0 Å². The van der Waals surface area contributed by atoms with Crippen LogP contribution in [0.3, 0.4) is 0 Å². The third-order valence-electron chi connectivity index (χ3n) is 4.31. The molecule has 146 valence electrons. The molecule has 1 unspecified atom stereocenters. The number of carbonyl (C=O) groups is 2. The topological polar surface area (TPSA) is 84.7 Å². The van der Waals surface area contributed by atoms with Gasteiger partial charge in [0.1, 0.15) is 0 Å². The molecule has 1 aliphatic heterocycles. The second-order valence-corrected chi connectivity index (χ2v) is 6.79. The van der Waals surface area contributed by atoms with E-state index in [0.717, 1.165) is 12.8 Å². The number of amides is 2. The van der Waals surface area contributed by atoms with Crippen LogP contribution in [0.5, 0.6) is 0 Å². The zero-order valence-corrected chi connectivity index (χ0v) is 16.9. The summed E-state index contributed by atoms with van der Waals surface area (Å²) in [4.78, 5) is 26.4. The maximum absolute atomic E-state index is 12.6. The van der Waals surface area contributed by atoms with Gasteiger partial charge in [-0.25, -0.2) is 0 Å². The summed E-state index contributed by atoms with van der Waals surface area (Å²) in [7, 11) is 0. The summed E-state index contributed by atoms with van der Waals surface area (Å²) in [5.74, 6) is -0.518. The van der Waals surface area contributed by atoms with Crippen LogP contribution in [0.2, 0.25) is 10.0 Å². The number of nitrogens with two attached hydrogens (primary N) is 1. The predicted molar refractivity (Wildman–Crippen MR) is 106 cm³/mol. The zero-order valence-electron chi connectivity index (χ0n) is 14.5. The number of halogens is 3. The molecule has 0 spiro atoms. The molecule has 1 atom stereocenters. The van der Waals surface area contributed by atoms with Crippen LogP contribution >= 0.6 is 35.6 Å². The fraction of sp³-hybridized carbons (Fsp3) is 0.529. The van der Waals surface area contributed by atoms with E-state index < -0.39 is 6.04 Å². The Morgan fingerprint density at radius 3 is 2.42 bits per heavy atom. The van der Waals surface area contributed by atoms with Crippen molar-refractivity contribution >= 4 is 53.1 Å². The number of benzene rings is 1. The van der Waals surface area contributed by atoms with E-state index in [1.54, 1.807) is 18.2 Å². The molecule has 9 heteroatoms. The molecule has 3 N–H and O–H groups in total. The van der Waals surface area contributed by atoms with E-state index in [0.29, 0.717) is 35.5 Å². The molecule has 1 fully saturated rings. The second-order valence-electron chi connectivity index (χ2n) is 5.97. The molecule has 26 heavy (non-hydrogen) atoms. The maximum Gasteiger partial charge on any atom is 0.244 e. The Morgan fingerprint density at radius 2 is 1.88 bits per heavy atom. The fourth-order valence-corrected chi connectivity index (χ4v) is 3.29. The van der Waals surface area contributed by atoms with E-state index >= 15 is 0 Å². The van der Waals surface area contributed by atoms with Crippen LogP contribution in [0.15, 0.2) is 18.2 Å². The molecular weight excluding hydrogens is 401 g/mol. The molecule has 2 rings (SSSR count). The highest BCUT2D eigenvalue weighted by molar-refractivity contribution is 6.39. The van der Waals surface area contributed by atoms with Gasteiger partial charge in [-0.05, 0) is 37.8 Å². The maximum atomic E-state index is 12.6. The molecule has 1 saturated heterocycles. The Morgan fingerprint density at radius 1 is 1.31 bits per heavy atom. The molecule has 1 aromatic carbocycles. The Labute approximate surface area is 169 Å². The number of rotatable bonds is 6. The minimum atomic E-state index is -0.624. The van der Waals surface area contributed by atoms with Gasteiger partial charge >= 0.3 is 0 Å². The number of hydrogen-bond acceptors (Lipinski definition) is 4. The van der Waals surface area contributed by atoms with Crippen LogP contribution in [0.25, 0.3) is 0 Å². The van der Waals surface area contributed by atoms with Crippen LogP contribution in [0.1, 0.15) is 19.8 Å². The minimum Gasteiger partial charge on any atom is -0.381 e. The molecule has 0 saturated carbocycles. The Hall–Kier alpha value is -1.05. The van der Waals surface area contributed by atoms with Crippen LogP contribution in [0, 0.1) is 5.92 Å². The van der Waals surface area contributed by atoms with Gasteiger partial charge in [-0.1, -0.05) is 29.3 Å². The molecule has 1 heterocycles. The van der Waals surface area contributed by atoms with Gasteiger partial charge in [-0.3, -0.25) is 9.59 Å². The van der Waals surface area contributed by atoms with Crippen LogP contribution < -0.4 is 11.1 Å². The molecular formula is C17H24Cl3N3O3. The zero-order chi connectivity index (χ0) is 18.4. The van der Waals surface area contributed by atoms with E-state index in [1.807, 2.05) is 6.92 Å². The van der Waals surface area contributed by atoms with E-state index in [4.69, 9.17) is 33.7 Å². The molecule has 0 aromatic heterocycles. The molecule has 6 nitrogen and oxygen atoms in total. The molecule has 0 bridgehead atoms. The normalized spacial score (nSPS) is 15.7. The Kier molecular flexibility index (Phi) is 9.68. The Bertz CT molecular complexity index is 604. The van der Waals surface area contributed by atoms with Gasteiger partial charge in [0.15, 0.2) is 0 Å². The smallest absolute Gasteiger partial charge is 0.244 e. The van der Waals surface area contributed by atoms with Crippen molar-refractivity contribution in [2.45, 2.75) is 25.8 Å². The van der Waals surface area contributed by atoms with Crippen molar-refractivity contribution in [3.8, 4) is 0 Å². The van der Waals surface area contributed by atoms with Crippen LogP contribution in [-0.2, 0) is 14.3 Å². The van der Waals surface area contributed by atoms with Crippen molar-refractivity contribution < 1.29 is 14.3 Å². The molecule has 2 amide bonds. The average molecular weight is 425 g/mol. The van der Waals surface area contributed by atoms with Gasteiger partial charge < -0.3 is 20.7 Å². The number of nitrogens with zero attached hydrogens (tertiary/aromatic N) is 1. The summed E-state index contributed by atoms with van der Waals surface area (Å²) >= 11 is 12.1. The minimum absolute atomic E-state index is 0. The van der Waals surface area contributed by atoms with Crippen molar-refractivity contribution in [2.24, 2.45) is 11.7 Å². The summed E-state index contributed by atoms with van der Waals surface area (Å²) < 4.78 is 5.30. The first kappa shape index (κ1) is 23.0. The SMILES string of the molecule is CCN(CC(=O)Nc1c(Cl)cccc1Cl)C(=O)C(N)C1CCOCC1.Cl. The molecule has 1 aliphatic rings. The lowest BCUT2D eigenvalue weighted by molar-refractivity contribution is -0.137. The summed E-state index contributed by atoms with van der Waals surface area (Å²) in [5, 5.41) is 3.34. The lowest BCUT2D eigenvalue weighted by Crippen LogP contribution is -2.50. The Balaban J connectivity index is 0.00000338. The van der Waals surface area contributed by atoms with Crippen molar-refractivity contribution in [2.75, 3.05) is 31.6 Å². The van der Waals surface area contributed by atoms with Gasteiger partial charge in [-0.15, -0.1) is 12.4 Å². The number of carbonyl (C=O) groups excluding carboxylic acids is 2. The first-order valence-electron chi connectivity index (χ1n) is 8.30. The quantitative estimate of drug-likeness (QED) is 0.735. The summed E-state index contributed by atoms with van der Waals surface area (Å²) in [5.41, 5.74) is 6.47. The number of anilines is 1. The van der Waals surface area contributed by atoms with E-state index in [-0.39, 0.29) is 36.7 Å². The van der Waals surface area contributed by atoms with Gasteiger partial charge in [0.2, 0.25) is 11.8 Å². The van der Waals surface area contributed by atoms with Gasteiger partial charge in [-0.2, -0.15) is 0 Å². The first-order valence-corrected chi connectivity index (χ1v) is 9.05. The van der Waals surface area contributed by atoms with Crippen molar-refractivity contribution in [3.05, 3.63) is 28.2 Å². The predicted octanol–water partition coefficient (Wildman–Crippen LogP) is 2.96. The van der Waals surface area contributed by atoms with Gasteiger partial charge in [0.05, 0.1) is 28.3 Å². The highest BCUT2D eigenvalue weighted by atomic mass is 35.5. The summed E-state index contributed by atoms with van der Waals surface area (Å²) in [6.07, 6.45) is 1.51. The highest BCUT2D eigenvalue weighted by Gasteiger charge is 2.30. The second kappa shape index (κ2) is 10.9. The van der Waals surface area contributed by atoms with Crippen molar-refractivity contribution in [1.82, 2.24) is 4.90 Å². The fourth-order valence-electron chi connectivity index (χ4n) is 2.80. The van der Waals surface area contributed by atoms with Crippen molar-refractivity contribution in [3.63, 3.8) is 0 Å². The van der Waals surface area contributed by atoms with Crippen LogP contribution in [-0.4, -0.2) is 49.1 Å². The number of ether oxygens (including phenoxy) is 1. The number of likely N-dealkylation sites (N-methyl/N-ethyl adjacent to an activating group) is 1. The average Bonchev–Trinajstić information content (AvgIpc) is 2.62.